The van der Waals surface area contributed by atoms with Crippen molar-refractivity contribution in [3.63, 3.8) is 0 Å². The Balaban J connectivity index is 2.12. The third kappa shape index (κ3) is 5.57. The van der Waals surface area contributed by atoms with Gasteiger partial charge in [-0.25, -0.2) is 0 Å². The minimum absolute atomic E-state index is 0.0731. The maximum atomic E-state index is 12.8. The molecule has 1 aromatic heterocycles. The van der Waals surface area contributed by atoms with Crippen molar-refractivity contribution >= 4 is 23.2 Å². The molecule has 2 aromatic rings. The van der Waals surface area contributed by atoms with Crippen LogP contribution >= 0.6 is 11.3 Å². The van der Waals surface area contributed by atoms with Gasteiger partial charge in [0.25, 0.3) is 11.8 Å². The van der Waals surface area contributed by atoms with Crippen molar-refractivity contribution in [2.75, 3.05) is 6.54 Å². The third-order valence-corrected chi connectivity index (χ3v) is 4.31. The largest absolute Gasteiger partial charge is 0.347 e. The van der Waals surface area contributed by atoms with Crippen LogP contribution < -0.4 is 5.32 Å². The van der Waals surface area contributed by atoms with Crippen LogP contribution in [0.1, 0.15) is 46.4 Å². The Kier molecular flexibility index (Phi) is 6.15. The summed E-state index contributed by atoms with van der Waals surface area (Å²) in [6.07, 6.45) is 1.72. The summed E-state index contributed by atoms with van der Waals surface area (Å²) in [5.74, 6) is -0.218. The van der Waals surface area contributed by atoms with Crippen LogP contribution in [-0.2, 0) is 6.54 Å². The van der Waals surface area contributed by atoms with Crippen LogP contribution in [0.5, 0.6) is 0 Å². The Morgan fingerprint density at radius 2 is 1.80 bits per heavy atom. The molecule has 25 heavy (non-hydrogen) atoms. The summed E-state index contributed by atoms with van der Waals surface area (Å²) in [6, 6.07) is 10.7. The highest BCUT2D eigenvalue weighted by molar-refractivity contribution is 7.09. The summed E-state index contributed by atoms with van der Waals surface area (Å²) in [4.78, 5) is 27.8. The molecule has 0 fully saturated rings. The highest BCUT2D eigenvalue weighted by Gasteiger charge is 2.18. The lowest BCUT2D eigenvalue weighted by atomic mass is 10.1. The van der Waals surface area contributed by atoms with Crippen LogP contribution in [0.25, 0.3) is 0 Å². The number of carbonyl (C=O) groups is 2. The smallest absolute Gasteiger partial charge is 0.254 e. The van der Waals surface area contributed by atoms with E-state index in [-0.39, 0.29) is 17.4 Å². The molecule has 0 aliphatic rings. The number of amides is 2. The number of hydrogen-bond acceptors (Lipinski definition) is 3. The molecule has 0 aliphatic heterocycles. The standard InChI is InChI=1S/C20H24N2O2S/c1-5-12-22(14-17-7-6-13-25-17)19(24)16-10-8-15(9-11-16)18(23)21-20(2,3)4/h5-11,13H,1,12,14H2,2-4H3,(H,21,23). The predicted molar refractivity (Wildman–Crippen MR) is 103 cm³/mol. The molecule has 2 rings (SSSR count). The Hall–Kier alpha value is -2.40. The summed E-state index contributed by atoms with van der Waals surface area (Å²) >= 11 is 1.62. The van der Waals surface area contributed by atoms with Crippen molar-refractivity contribution in [3.05, 3.63) is 70.4 Å². The molecule has 4 nitrogen and oxygen atoms in total. The molecule has 1 aromatic carbocycles. The molecule has 5 heteroatoms. The summed E-state index contributed by atoms with van der Waals surface area (Å²) in [5.41, 5.74) is 0.804. The van der Waals surface area contributed by atoms with Gasteiger partial charge in [0.05, 0.1) is 6.54 Å². The lowest BCUT2D eigenvalue weighted by Crippen LogP contribution is -2.40. The van der Waals surface area contributed by atoms with Crippen LogP contribution in [0.3, 0.4) is 0 Å². The van der Waals surface area contributed by atoms with Crippen molar-refractivity contribution in [2.24, 2.45) is 0 Å². The second-order valence-electron chi connectivity index (χ2n) is 6.84. The van der Waals surface area contributed by atoms with E-state index in [2.05, 4.69) is 11.9 Å². The van der Waals surface area contributed by atoms with Crippen LogP contribution in [-0.4, -0.2) is 28.8 Å². The number of benzene rings is 1. The van der Waals surface area contributed by atoms with E-state index in [0.717, 1.165) is 4.88 Å². The monoisotopic (exact) mass is 356 g/mol. The van der Waals surface area contributed by atoms with Gasteiger partial charge < -0.3 is 10.2 Å². The van der Waals surface area contributed by atoms with Crippen LogP contribution in [0.15, 0.2) is 54.4 Å². The fourth-order valence-electron chi connectivity index (χ4n) is 2.33. The van der Waals surface area contributed by atoms with E-state index < -0.39 is 0 Å². The van der Waals surface area contributed by atoms with Gasteiger partial charge in [0, 0.05) is 28.1 Å². The fraction of sp³-hybridized carbons (Fsp3) is 0.300. The van der Waals surface area contributed by atoms with E-state index >= 15 is 0 Å². The Labute approximate surface area is 153 Å². The zero-order valence-corrected chi connectivity index (χ0v) is 15.7. The van der Waals surface area contributed by atoms with E-state index in [1.165, 1.54) is 0 Å². The number of carbonyl (C=O) groups excluding carboxylic acids is 2. The van der Waals surface area contributed by atoms with E-state index in [0.29, 0.717) is 24.2 Å². The fourth-order valence-corrected chi connectivity index (χ4v) is 3.04. The predicted octanol–water partition coefficient (Wildman–Crippen LogP) is 4.10. The van der Waals surface area contributed by atoms with E-state index in [4.69, 9.17) is 0 Å². The molecule has 0 aliphatic carbocycles. The number of nitrogens with one attached hydrogen (secondary N) is 1. The van der Waals surface area contributed by atoms with Gasteiger partial charge in [0.2, 0.25) is 0 Å². The van der Waals surface area contributed by atoms with Gasteiger partial charge >= 0.3 is 0 Å². The average Bonchev–Trinajstić information content (AvgIpc) is 3.05. The highest BCUT2D eigenvalue weighted by atomic mass is 32.1. The van der Waals surface area contributed by atoms with Crippen molar-refractivity contribution in [2.45, 2.75) is 32.9 Å². The Morgan fingerprint density at radius 1 is 1.16 bits per heavy atom. The number of rotatable bonds is 6. The molecule has 1 heterocycles. The van der Waals surface area contributed by atoms with E-state index in [1.807, 2.05) is 38.3 Å². The molecule has 0 spiro atoms. The van der Waals surface area contributed by atoms with Gasteiger partial charge in [0.15, 0.2) is 0 Å². The van der Waals surface area contributed by atoms with Crippen molar-refractivity contribution in [3.8, 4) is 0 Å². The first-order valence-electron chi connectivity index (χ1n) is 8.15. The number of nitrogens with zero attached hydrogens (tertiary/aromatic N) is 1. The molecular formula is C20H24N2O2S. The molecule has 0 saturated heterocycles. The van der Waals surface area contributed by atoms with Crippen LogP contribution in [0, 0.1) is 0 Å². The maximum Gasteiger partial charge on any atom is 0.254 e. The van der Waals surface area contributed by atoms with E-state index in [9.17, 15) is 9.59 Å². The molecular weight excluding hydrogens is 332 g/mol. The first-order chi connectivity index (χ1) is 11.8. The molecule has 0 radical (unpaired) electrons. The molecule has 0 unspecified atom stereocenters. The summed E-state index contributed by atoms with van der Waals surface area (Å²) in [5, 5.41) is 4.91. The van der Waals surface area contributed by atoms with E-state index in [1.54, 1.807) is 46.6 Å². The first-order valence-corrected chi connectivity index (χ1v) is 9.03. The maximum absolute atomic E-state index is 12.8. The van der Waals surface area contributed by atoms with Gasteiger partial charge in [0.1, 0.15) is 0 Å². The molecule has 2 amide bonds. The molecule has 1 N–H and O–H groups in total. The normalized spacial score (nSPS) is 11.0. The summed E-state index contributed by atoms with van der Waals surface area (Å²) in [6.45, 7) is 10.6. The third-order valence-electron chi connectivity index (χ3n) is 3.45. The zero-order valence-electron chi connectivity index (χ0n) is 14.9. The first kappa shape index (κ1) is 18.9. The highest BCUT2D eigenvalue weighted by Crippen LogP contribution is 2.15. The summed E-state index contributed by atoms with van der Waals surface area (Å²) < 4.78 is 0. The van der Waals surface area contributed by atoms with Gasteiger partial charge in [-0.15, -0.1) is 17.9 Å². The topological polar surface area (TPSA) is 49.4 Å². The Bertz CT molecular complexity index is 728. The van der Waals surface area contributed by atoms with Crippen molar-refractivity contribution in [1.82, 2.24) is 10.2 Å². The van der Waals surface area contributed by atoms with Crippen molar-refractivity contribution < 1.29 is 9.59 Å². The lowest BCUT2D eigenvalue weighted by Gasteiger charge is -2.21. The second kappa shape index (κ2) is 8.12. The zero-order chi connectivity index (χ0) is 18.4. The van der Waals surface area contributed by atoms with Gasteiger partial charge in [-0.05, 0) is 56.5 Å². The number of thiophene rings is 1. The molecule has 0 saturated carbocycles. The molecule has 0 bridgehead atoms. The second-order valence-corrected chi connectivity index (χ2v) is 7.87. The SMILES string of the molecule is C=CCN(Cc1cccs1)C(=O)c1ccc(C(=O)NC(C)(C)C)cc1. The van der Waals surface area contributed by atoms with Gasteiger partial charge in [-0.1, -0.05) is 12.1 Å². The average molecular weight is 356 g/mol. The Morgan fingerprint density at radius 3 is 2.32 bits per heavy atom. The van der Waals surface area contributed by atoms with Gasteiger partial charge in [-0.3, -0.25) is 9.59 Å². The van der Waals surface area contributed by atoms with Crippen LogP contribution in [0.2, 0.25) is 0 Å². The molecule has 0 atom stereocenters. The van der Waals surface area contributed by atoms with Gasteiger partial charge in [-0.2, -0.15) is 0 Å². The summed E-state index contributed by atoms with van der Waals surface area (Å²) in [7, 11) is 0. The number of hydrogen-bond donors (Lipinski definition) is 1. The quantitative estimate of drug-likeness (QED) is 0.792. The minimum Gasteiger partial charge on any atom is -0.347 e. The molecule has 132 valence electrons. The van der Waals surface area contributed by atoms with Crippen molar-refractivity contribution in [1.29, 1.82) is 0 Å². The lowest BCUT2D eigenvalue weighted by molar-refractivity contribution is 0.0763. The minimum atomic E-state index is -0.299. The van der Waals surface area contributed by atoms with Crippen LogP contribution in [0.4, 0.5) is 0 Å².